The SMILES string of the molecule is CC.CC.CC.FC(F)(F)c1cc(Cl)c2nc(-c3nnc(-c4ccccc4Cl)s3)cn2c1. The topological polar surface area (TPSA) is 43.1 Å². The molecule has 0 fully saturated rings. The highest BCUT2D eigenvalue weighted by molar-refractivity contribution is 7.18. The first kappa shape index (κ1) is 27.9. The fraction of sp³-hybridized carbons (Fsp3) is 0.318. The van der Waals surface area contributed by atoms with E-state index in [1.54, 1.807) is 12.1 Å². The lowest BCUT2D eigenvalue weighted by molar-refractivity contribution is -0.137. The van der Waals surface area contributed by atoms with E-state index in [0.29, 0.717) is 20.7 Å². The van der Waals surface area contributed by atoms with Gasteiger partial charge in [-0.25, -0.2) is 4.98 Å². The fourth-order valence-electron chi connectivity index (χ4n) is 2.39. The number of alkyl halides is 3. The van der Waals surface area contributed by atoms with Crippen LogP contribution in [-0.4, -0.2) is 19.6 Å². The molecule has 0 atom stereocenters. The minimum Gasteiger partial charge on any atom is -0.305 e. The standard InChI is InChI=1S/C16H7Cl2F3N4S.3C2H6/c17-10-4-2-1-3-9(10)14-23-24-15(26-14)12-7-25-6-8(16(19,20)21)5-11(18)13(25)22-12;3*1-2/h1-7H;3*1-2H3. The molecule has 0 saturated heterocycles. The Morgan fingerprint density at radius 3 is 2.03 bits per heavy atom. The lowest BCUT2D eigenvalue weighted by Gasteiger charge is -2.07. The van der Waals surface area contributed by atoms with Gasteiger partial charge in [0.15, 0.2) is 10.7 Å². The lowest BCUT2D eigenvalue weighted by atomic mass is 10.2. The van der Waals surface area contributed by atoms with Gasteiger partial charge >= 0.3 is 6.18 Å². The summed E-state index contributed by atoms with van der Waals surface area (Å²) in [6.07, 6.45) is -2.12. The Balaban J connectivity index is 0.000000789. The van der Waals surface area contributed by atoms with Gasteiger partial charge in [0.05, 0.1) is 15.6 Å². The highest BCUT2D eigenvalue weighted by Crippen LogP contribution is 2.35. The minimum atomic E-state index is -4.50. The second-order valence-electron chi connectivity index (χ2n) is 5.32. The zero-order valence-corrected chi connectivity index (χ0v) is 21.0. The summed E-state index contributed by atoms with van der Waals surface area (Å²) >= 11 is 13.3. The third kappa shape index (κ3) is 6.43. The molecular formula is C22H25Cl2F3N4S. The quantitative estimate of drug-likeness (QED) is 0.273. The molecule has 0 aliphatic carbocycles. The van der Waals surface area contributed by atoms with Crippen LogP contribution in [0.3, 0.4) is 0 Å². The number of aromatic nitrogens is 4. The van der Waals surface area contributed by atoms with E-state index in [4.69, 9.17) is 23.2 Å². The number of imidazole rings is 1. The van der Waals surface area contributed by atoms with Gasteiger partial charge in [-0.3, -0.25) is 0 Å². The molecule has 4 aromatic rings. The van der Waals surface area contributed by atoms with Crippen LogP contribution in [0.15, 0.2) is 42.7 Å². The zero-order valence-electron chi connectivity index (χ0n) is 18.6. The summed E-state index contributed by atoms with van der Waals surface area (Å²) in [7, 11) is 0. The lowest BCUT2D eigenvalue weighted by Crippen LogP contribution is -2.06. The summed E-state index contributed by atoms with van der Waals surface area (Å²) in [5, 5.41) is 9.64. The van der Waals surface area contributed by atoms with Crippen molar-refractivity contribution in [3.8, 4) is 21.3 Å². The van der Waals surface area contributed by atoms with E-state index < -0.39 is 11.7 Å². The Labute approximate surface area is 200 Å². The normalized spacial score (nSPS) is 10.3. The van der Waals surface area contributed by atoms with Crippen LogP contribution in [0.2, 0.25) is 10.0 Å². The maximum atomic E-state index is 12.9. The monoisotopic (exact) mass is 504 g/mol. The molecule has 0 unspecified atom stereocenters. The van der Waals surface area contributed by atoms with Gasteiger partial charge in [-0.1, -0.05) is 94.3 Å². The van der Waals surface area contributed by atoms with Gasteiger partial charge in [0, 0.05) is 18.0 Å². The third-order valence-corrected chi connectivity index (χ3v) is 5.17. The van der Waals surface area contributed by atoms with Crippen molar-refractivity contribution in [2.75, 3.05) is 0 Å². The average molecular weight is 505 g/mol. The molecule has 4 nitrogen and oxygen atoms in total. The highest BCUT2D eigenvalue weighted by atomic mass is 35.5. The number of fused-ring (bicyclic) bond motifs is 1. The maximum absolute atomic E-state index is 12.9. The van der Waals surface area contributed by atoms with E-state index in [9.17, 15) is 13.2 Å². The van der Waals surface area contributed by atoms with Crippen LogP contribution in [0.4, 0.5) is 13.2 Å². The number of benzene rings is 1. The van der Waals surface area contributed by atoms with E-state index >= 15 is 0 Å². The Hall–Kier alpha value is -2.16. The fourth-order valence-corrected chi connectivity index (χ4v) is 3.76. The summed E-state index contributed by atoms with van der Waals surface area (Å²) in [6, 6.07) is 8.02. The molecule has 0 bridgehead atoms. The second-order valence-corrected chi connectivity index (χ2v) is 7.12. The van der Waals surface area contributed by atoms with E-state index in [-0.39, 0.29) is 10.7 Å². The molecule has 3 heterocycles. The Kier molecular flexibility index (Phi) is 11.1. The number of nitrogens with zero attached hydrogens (tertiary/aromatic N) is 4. The number of hydrogen-bond acceptors (Lipinski definition) is 4. The van der Waals surface area contributed by atoms with Crippen LogP contribution in [0.25, 0.3) is 26.9 Å². The van der Waals surface area contributed by atoms with Gasteiger partial charge in [0.1, 0.15) is 10.7 Å². The molecule has 0 aliphatic heterocycles. The molecule has 1 aromatic carbocycles. The van der Waals surface area contributed by atoms with Crippen molar-refractivity contribution >= 4 is 40.2 Å². The molecule has 4 rings (SSSR count). The van der Waals surface area contributed by atoms with Gasteiger partial charge in [0.2, 0.25) is 0 Å². The molecule has 0 aliphatic rings. The summed E-state index contributed by atoms with van der Waals surface area (Å²) in [5.41, 5.74) is 0.457. The third-order valence-electron chi connectivity index (χ3n) is 3.58. The zero-order chi connectivity index (χ0) is 24.5. The van der Waals surface area contributed by atoms with Crippen molar-refractivity contribution in [1.82, 2.24) is 19.6 Å². The largest absolute Gasteiger partial charge is 0.417 e. The summed E-state index contributed by atoms with van der Waals surface area (Å²) in [5.74, 6) is 0. The van der Waals surface area contributed by atoms with Crippen LogP contribution in [-0.2, 0) is 6.18 Å². The van der Waals surface area contributed by atoms with Crippen molar-refractivity contribution in [3.05, 3.63) is 58.3 Å². The first-order valence-electron chi connectivity index (χ1n) is 10.2. The molecule has 0 spiro atoms. The Morgan fingerprint density at radius 1 is 0.844 bits per heavy atom. The van der Waals surface area contributed by atoms with Gasteiger partial charge in [0.25, 0.3) is 0 Å². The van der Waals surface area contributed by atoms with Crippen LogP contribution >= 0.6 is 34.5 Å². The predicted molar refractivity (Wildman–Crippen MR) is 129 cm³/mol. The van der Waals surface area contributed by atoms with Crippen LogP contribution in [0.1, 0.15) is 47.1 Å². The first-order chi connectivity index (χ1) is 15.3. The smallest absolute Gasteiger partial charge is 0.305 e. The molecule has 174 valence electrons. The van der Waals surface area contributed by atoms with Crippen molar-refractivity contribution in [1.29, 1.82) is 0 Å². The summed E-state index contributed by atoms with van der Waals surface area (Å²) < 4.78 is 40.0. The number of rotatable bonds is 2. The van der Waals surface area contributed by atoms with E-state index in [2.05, 4.69) is 15.2 Å². The van der Waals surface area contributed by atoms with E-state index in [0.717, 1.165) is 17.8 Å². The van der Waals surface area contributed by atoms with Gasteiger partial charge < -0.3 is 4.40 Å². The molecule has 0 saturated carbocycles. The van der Waals surface area contributed by atoms with Gasteiger partial charge in [-0.05, 0) is 12.1 Å². The summed E-state index contributed by atoms with van der Waals surface area (Å²) in [6.45, 7) is 12.0. The van der Waals surface area contributed by atoms with Gasteiger partial charge in [-0.2, -0.15) is 13.2 Å². The van der Waals surface area contributed by atoms with Crippen molar-refractivity contribution in [3.63, 3.8) is 0 Å². The van der Waals surface area contributed by atoms with Gasteiger partial charge in [-0.15, -0.1) is 10.2 Å². The molecule has 0 amide bonds. The second kappa shape index (κ2) is 12.8. The maximum Gasteiger partial charge on any atom is 0.417 e. The molecule has 10 heteroatoms. The van der Waals surface area contributed by atoms with E-state index in [1.165, 1.54) is 21.9 Å². The molecule has 0 N–H and O–H groups in total. The number of halogens is 5. The van der Waals surface area contributed by atoms with E-state index in [1.807, 2.05) is 53.7 Å². The molecule has 3 aromatic heterocycles. The van der Waals surface area contributed by atoms with Crippen molar-refractivity contribution < 1.29 is 13.2 Å². The highest BCUT2D eigenvalue weighted by Gasteiger charge is 2.32. The average Bonchev–Trinajstić information content (AvgIpc) is 3.45. The van der Waals surface area contributed by atoms with Crippen LogP contribution in [0, 0.1) is 0 Å². The van der Waals surface area contributed by atoms with Crippen molar-refractivity contribution in [2.24, 2.45) is 0 Å². The molecular weight excluding hydrogens is 480 g/mol. The number of hydrogen-bond donors (Lipinski definition) is 0. The summed E-state index contributed by atoms with van der Waals surface area (Å²) in [4.78, 5) is 4.27. The van der Waals surface area contributed by atoms with Crippen molar-refractivity contribution in [2.45, 2.75) is 47.7 Å². The first-order valence-corrected chi connectivity index (χ1v) is 11.7. The minimum absolute atomic E-state index is 0.0954. The van der Waals surface area contributed by atoms with Crippen LogP contribution < -0.4 is 0 Å². The Bertz CT molecular complexity index is 1120. The number of pyridine rings is 1. The Morgan fingerprint density at radius 2 is 1.44 bits per heavy atom. The molecule has 0 radical (unpaired) electrons. The predicted octanol–water partition coefficient (Wildman–Crippen LogP) is 8.92. The molecule has 32 heavy (non-hydrogen) atoms. The van der Waals surface area contributed by atoms with Crippen LogP contribution in [0.5, 0.6) is 0 Å².